The second-order valence-corrected chi connectivity index (χ2v) is 8.19. The standard InChI is InChI=1S/C25H18Cl3N3O3/c26-19-8-4-5-9-22(19)31-23(32)15-34-24-20(27)11-17(12-21(24)28)10-18(13-29)25(33)30-14-16-6-2-1-3-7-16/h1-12H,14-15H2,(H,30,33)(H,31,32)/b18-10+. The van der Waals surface area contributed by atoms with E-state index in [2.05, 4.69) is 10.6 Å². The summed E-state index contributed by atoms with van der Waals surface area (Å²) in [4.78, 5) is 24.6. The van der Waals surface area contributed by atoms with E-state index in [1.165, 1.54) is 18.2 Å². The molecule has 2 amide bonds. The fraction of sp³-hybridized carbons (Fsp3) is 0.0800. The van der Waals surface area contributed by atoms with Gasteiger partial charge in [0.1, 0.15) is 11.6 Å². The number of halogens is 3. The van der Waals surface area contributed by atoms with Gasteiger partial charge in [0, 0.05) is 6.54 Å². The predicted octanol–water partition coefficient (Wildman–Crippen LogP) is 5.89. The van der Waals surface area contributed by atoms with Gasteiger partial charge in [-0.2, -0.15) is 5.26 Å². The van der Waals surface area contributed by atoms with Gasteiger partial charge in [-0.25, -0.2) is 0 Å². The van der Waals surface area contributed by atoms with Crippen molar-refractivity contribution in [1.82, 2.24) is 5.32 Å². The first-order valence-corrected chi connectivity index (χ1v) is 11.1. The molecule has 0 heterocycles. The summed E-state index contributed by atoms with van der Waals surface area (Å²) in [6, 6.07) is 20.9. The molecule has 0 saturated heterocycles. The number of rotatable bonds is 8. The third-order valence-electron chi connectivity index (χ3n) is 4.49. The first kappa shape index (κ1) is 25.1. The summed E-state index contributed by atoms with van der Waals surface area (Å²) in [6.45, 7) is -0.0750. The lowest BCUT2D eigenvalue weighted by atomic mass is 10.1. The number of carbonyl (C=O) groups is 2. The van der Waals surface area contributed by atoms with E-state index in [9.17, 15) is 14.9 Å². The molecule has 0 aliphatic carbocycles. The van der Waals surface area contributed by atoms with E-state index in [0.29, 0.717) is 16.3 Å². The van der Waals surface area contributed by atoms with E-state index in [1.54, 1.807) is 24.3 Å². The van der Waals surface area contributed by atoms with E-state index < -0.39 is 11.8 Å². The molecule has 0 bridgehead atoms. The number of nitrogens with zero attached hydrogens (tertiary/aromatic N) is 1. The van der Waals surface area contributed by atoms with Crippen LogP contribution in [-0.2, 0) is 16.1 Å². The van der Waals surface area contributed by atoms with Crippen molar-refractivity contribution in [2.75, 3.05) is 11.9 Å². The highest BCUT2D eigenvalue weighted by Gasteiger charge is 2.14. The number of nitriles is 1. The smallest absolute Gasteiger partial charge is 0.262 e. The molecule has 0 unspecified atom stereocenters. The maximum atomic E-state index is 12.4. The van der Waals surface area contributed by atoms with Gasteiger partial charge in [0.15, 0.2) is 12.4 Å². The van der Waals surface area contributed by atoms with Crippen LogP contribution >= 0.6 is 34.8 Å². The van der Waals surface area contributed by atoms with Crippen molar-refractivity contribution in [3.05, 3.63) is 98.5 Å². The van der Waals surface area contributed by atoms with Crippen LogP contribution in [-0.4, -0.2) is 18.4 Å². The minimum atomic E-state index is -0.532. The average Bonchev–Trinajstić information content (AvgIpc) is 2.82. The number of para-hydroxylation sites is 1. The molecule has 6 nitrogen and oxygen atoms in total. The molecule has 34 heavy (non-hydrogen) atoms. The van der Waals surface area contributed by atoms with Crippen LogP contribution in [0.2, 0.25) is 15.1 Å². The molecule has 0 atom stereocenters. The molecule has 0 aliphatic rings. The summed E-state index contributed by atoms with van der Waals surface area (Å²) < 4.78 is 5.48. The summed E-state index contributed by atoms with van der Waals surface area (Å²) in [5.41, 5.74) is 1.66. The van der Waals surface area contributed by atoms with E-state index >= 15 is 0 Å². The zero-order valence-corrected chi connectivity index (χ0v) is 19.9. The molecule has 0 aliphatic heterocycles. The van der Waals surface area contributed by atoms with Crippen molar-refractivity contribution in [1.29, 1.82) is 5.26 Å². The van der Waals surface area contributed by atoms with Gasteiger partial charge in [0.25, 0.3) is 11.8 Å². The minimum absolute atomic E-state index is 0.0989. The van der Waals surface area contributed by atoms with E-state index in [1.807, 2.05) is 36.4 Å². The lowest BCUT2D eigenvalue weighted by Crippen LogP contribution is -2.23. The Balaban J connectivity index is 1.65. The molecule has 0 aromatic heterocycles. The van der Waals surface area contributed by atoms with Crippen molar-refractivity contribution in [3.63, 3.8) is 0 Å². The molecule has 9 heteroatoms. The van der Waals surface area contributed by atoms with Crippen LogP contribution in [0, 0.1) is 11.3 Å². The Morgan fingerprint density at radius 1 is 0.941 bits per heavy atom. The van der Waals surface area contributed by atoms with Crippen LogP contribution in [0.15, 0.2) is 72.3 Å². The number of hydrogen-bond acceptors (Lipinski definition) is 4. The SMILES string of the molecule is N#C/C(=C\c1cc(Cl)c(OCC(=O)Nc2ccccc2Cl)c(Cl)c1)C(=O)NCc1ccccc1. The lowest BCUT2D eigenvalue weighted by molar-refractivity contribution is -0.118. The molecule has 0 spiro atoms. The molecular weight excluding hydrogens is 497 g/mol. The van der Waals surface area contributed by atoms with Gasteiger partial charge in [0.05, 0.1) is 20.8 Å². The molecule has 3 rings (SSSR count). The number of anilines is 1. The highest BCUT2D eigenvalue weighted by atomic mass is 35.5. The lowest BCUT2D eigenvalue weighted by Gasteiger charge is -2.12. The van der Waals surface area contributed by atoms with Gasteiger partial charge in [-0.3, -0.25) is 9.59 Å². The van der Waals surface area contributed by atoms with Crippen molar-refractivity contribution >= 4 is 58.4 Å². The van der Waals surface area contributed by atoms with Crippen LogP contribution in [0.4, 0.5) is 5.69 Å². The normalized spacial score (nSPS) is 10.8. The van der Waals surface area contributed by atoms with Crippen LogP contribution in [0.5, 0.6) is 5.75 Å². The van der Waals surface area contributed by atoms with Gasteiger partial charge >= 0.3 is 0 Å². The summed E-state index contributed by atoms with van der Waals surface area (Å²) in [5.74, 6) is -0.886. The first-order chi connectivity index (χ1) is 16.4. The number of benzene rings is 3. The van der Waals surface area contributed by atoms with Crippen LogP contribution < -0.4 is 15.4 Å². The molecular formula is C25H18Cl3N3O3. The Morgan fingerprint density at radius 2 is 1.59 bits per heavy atom. The quantitative estimate of drug-likeness (QED) is 0.290. The highest BCUT2D eigenvalue weighted by Crippen LogP contribution is 2.35. The fourth-order valence-corrected chi connectivity index (χ4v) is 3.67. The molecule has 172 valence electrons. The second kappa shape index (κ2) is 12.1. The zero-order chi connectivity index (χ0) is 24.5. The first-order valence-electron chi connectivity index (χ1n) is 9.97. The zero-order valence-electron chi connectivity index (χ0n) is 17.6. The molecule has 3 aromatic carbocycles. The summed E-state index contributed by atoms with van der Waals surface area (Å²) in [7, 11) is 0. The van der Waals surface area contributed by atoms with Gasteiger partial charge in [-0.05, 0) is 41.5 Å². The Bertz CT molecular complexity index is 1250. The molecule has 2 N–H and O–H groups in total. The van der Waals surface area contributed by atoms with Crippen LogP contribution in [0.3, 0.4) is 0 Å². The van der Waals surface area contributed by atoms with Crippen LogP contribution in [0.1, 0.15) is 11.1 Å². The maximum Gasteiger partial charge on any atom is 0.262 e. The maximum absolute atomic E-state index is 12.4. The molecule has 0 radical (unpaired) electrons. The van der Waals surface area contributed by atoms with Crippen molar-refractivity contribution in [2.45, 2.75) is 6.54 Å². The van der Waals surface area contributed by atoms with Crippen molar-refractivity contribution in [2.24, 2.45) is 0 Å². The van der Waals surface area contributed by atoms with Gasteiger partial charge in [-0.1, -0.05) is 77.3 Å². The summed E-state index contributed by atoms with van der Waals surface area (Å²) in [6.07, 6.45) is 1.37. The molecule has 0 fully saturated rings. The second-order valence-electron chi connectivity index (χ2n) is 6.97. The fourth-order valence-electron chi connectivity index (χ4n) is 2.88. The number of amides is 2. The van der Waals surface area contributed by atoms with Crippen molar-refractivity contribution in [3.8, 4) is 11.8 Å². The van der Waals surface area contributed by atoms with E-state index in [4.69, 9.17) is 39.5 Å². The molecule has 0 saturated carbocycles. The number of ether oxygens (including phenoxy) is 1. The monoisotopic (exact) mass is 513 g/mol. The Hall–Kier alpha value is -3.50. The Labute approximate surface area is 211 Å². The number of nitrogens with one attached hydrogen (secondary N) is 2. The van der Waals surface area contributed by atoms with E-state index in [0.717, 1.165) is 5.56 Å². The van der Waals surface area contributed by atoms with E-state index in [-0.39, 0.29) is 34.5 Å². The third-order valence-corrected chi connectivity index (χ3v) is 5.38. The van der Waals surface area contributed by atoms with Gasteiger partial charge in [-0.15, -0.1) is 0 Å². The van der Waals surface area contributed by atoms with Crippen molar-refractivity contribution < 1.29 is 14.3 Å². The highest BCUT2D eigenvalue weighted by molar-refractivity contribution is 6.37. The van der Waals surface area contributed by atoms with Gasteiger partial charge in [0.2, 0.25) is 0 Å². The number of carbonyl (C=O) groups excluding carboxylic acids is 2. The number of hydrogen-bond donors (Lipinski definition) is 2. The topological polar surface area (TPSA) is 91.2 Å². The Morgan fingerprint density at radius 3 is 2.24 bits per heavy atom. The summed E-state index contributed by atoms with van der Waals surface area (Å²) in [5, 5.41) is 15.4. The van der Waals surface area contributed by atoms with Gasteiger partial charge < -0.3 is 15.4 Å². The predicted molar refractivity (Wildman–Crippen MR) is 134 cm³/mol. The summed E-state index contributed by atoms with van der Waals surface area (Å²) >= 11 is 18.6. The third kappa shape index (κ3) is 7.00. The largest absolute Gasteiger partial charge is 0.481 e. The molecule has 3 aromatic rings. The van der Waals surface area contributed by atoms with Crippen LogP contribution in [0.25, 0.3) is 6.08 Å². The Kier molecular flexibility index (Phi) is 8.94. The minimum Gasteiger partial charge on any atom is -0.481 e. The average molecular weight is 515 g/mol.